The summed E-state index contributed by atoms with van der Waals surface area (Å²) >= 11 is 0. The van der Waals surface area contributed by atoms with Crippen LogP contribution >= 0.6 is 0 Å². The van der Waals surface area contributed by atoms with Gasteiger partial charge < -0.3 is 10.5 Å². The van der Waals surface area contributed by atoms with Crippen molar-refractivity contribution in [1.29, 1.82) is 0 Å². The first kappa shape index (κ1) is 15.8. The van der Waals surface area contributed by atoms with Crippen LogP contribution in [-0.2, 0) is 10.0 Å². The average Bonchev–Trinajstić information content (AvgIpc) is 2.31. The smallest absolute Gasteiger partial charge is 0.236 e. The Labute approximate surface area is 115 Å². The maximum absolute atomic E-state index is 12.0. The molecule has 0 saturated carbocycles. The van der Waals surface area contributed by atoms with E-state index in [0.29, 0.717) is 17.9 Å². The summed E-state index contributed by atoms with van der Waals surface area (Å²) in [6.45, 7) is 5.78. The van der Waals surface area contributed by atoms with Gasteiger partial charge in [-0.3, -0.25) is 4.72 Å². The molecule has 108 valence electrons. The van der Waals surface area contributed by atoms with Crippen LogP contribution in [0.25, 0.3) is 0 Å². The van der Waals surface area contributed by atoms with E-state index >= 15 is 0 Å². The maximum Gasteiger partial charge on any atom is 0.236 e. The van der Waals surface area contributed by atoms with Gasteiger partial charge in [-0.05, 0) is 44.5 Å². The highest BCUT2D eigenvalue weighted by atomic mass is 32.2. The number of hydrogen-bond donors (Lipinski definition) is 2. The van der Waals surface area contributed by atoms with Crippen molar-refractivity contribution in [2.75, 3.05) is 11.3 Å². The van der Waals surface area contributed by atoms with Gasteiger partial charge in [-0.25, -0.2) is 8.42 Å². The van der Waals surface area contributed by atoms with Gasteiger partial charge >= 0.3 is 0 Å². The maximum atomic E-state index is 12.0. The van der Waals surface area contributed by atoms with E-state index in [0.717, 1.165) is 0 Å². The van der Waals surface area contributed by atoms with Crippen molar-refractivity contribution < 1.29 is 13.2 Å². The Morgan fingerprint density at radius 1 is 1.26 bits per heavy atom. The Morgan fingerprint density at radius 2 is 1.84 bits per heavy atom. The molecule has 0 aliphatic carbocycles. The van der Waals surface area contributed by atoms with Crippen molar-refractivity contribution in [3.8, 4) is 5.75 Å². The first-order valence-electron chi connectivity index (χ1n) is 6.37. The van der Waals surface area contributed by atoms with Crippen molar-refractivity contribution in [3.05, 3.63) is 24.3 Å². The first-order valence-corrected chi connectivity index (χ1v) is 7.92. The van der Waals surface area contributed by atoms with E-state index in [1.54, 1.807) is 31.2 Å². The average molecular weight is 286 g/mol. The normalized spacial score (nSPS) is 13.3. The van der Waals surface area contributed by atoms with E-state index in [-0.39, 0.29) is 12.6 Å². The molecule has 1 rings (SSSR count). The molecule has 0 radical (unpaired) electrons. The molecule has 0 aliphatic rings. The van der Waals surface area contributed by atoms with Gasteiger partial charge in [0.15, 0.2) is 0 Å². The highest BCUT2D eigenvalue weighted by Gasteiger charge is 2.21. The number of rotatable bonds is 7. The number of nitrogens with one attached hydrogen (secondary N) is 1. The molecule has 0 spiro atoms. The van der Waals surface area contributed by atoms with Crippen LogP contribution < -0.4 is 15.2 Å². The number of ether oxygens (including phenoxy) is 1. The van der Waals surface area contributed by atoms with Crippen LogP contribution in [0.1, 0.15) is 27.2 Å². The largest absolute Gasteiger partial charge is 0.491 e. The summed E-state index contributed by atoms with van der Waals surface area (Å²) in [5, 5.41) is -0.570. The molecule has 0 aromatic heterocycles. The van der Waals surface area contributed by atoms with Gasteiger partial charge in [0, 0.05) is 12.2 Å². The van der Waals surface area contributed by atoms with E-state index in [1.807, 2.05) is 13.8 Å². The zero-order valence-electron chi connectivity index (χ0n) is 11.6. The van der Waals surface area contributed by atoms with E-state index in [9.17, 15) is 8.42 Å². The highest BCUT2D eigenvalue weighted by Crippen LogP contribution is 2.19. The van der Waals surface area contributed by atoms with Gasteiger partial charge in [0.2, 0.25) is 10.0 Å². The summed E-state index contributed by atoms with van der Waals surface area (Å²) in [5.41, 5.74) is 5.98. The van der Waals surface area contributed by atoms with Crippen LogP contribution in [0, 0.1) is 0 Å². The molecule has 6 heteroatoms. The summed E-state index contributed by atoms with van der Waals surface area (Å²) in [7, 11) is -3.43. The fourth-order valence-corrected chi connectivity index (χ4v) is 2.96. The van der Waals surface area contributed by atoms with E-state index in [4.69, 9.17) is 10.5 Å². The number of anilines is 1. The SMILES string of the molecule is CCC(CN)S(=O)(=O)Nc1ccc(OC(C)C)cc1. The predicted molar refractivity (Wildman–Crippen MR) is 77.9 cm³/mol. The van der Waals surface area contributed by atoms with Gasteiger partial charge in [0.05, 0.1) is 11.4 Å². The third kappa shape index (κ3) is 4.72. The van der Waals surface area contributed by atoms with Crippen LogP contribution in [0.4, 0.5) is 5.69 Å². The zero-order chi connectivity index (χ0) is 14.5. The summed E-state index contributed by atoms with van der Waals surface area (Å²) in [6.07, 6.45) is 0.574. The Kier molecular flexibility index (Phi) is 5.62. The van der Waals surface area contributed by atoms with Crippen molar-refractivity contribution in [1.82, 2.24) is 0 Å². The van der Waals surface area contributed by atoms with Crippen LogP contribution in [0.3, 0.4) is 0 Å². The standard InChI is InChI=1S/C13H22N2O3S/c1-4-13(9-14)19(16,17)15-11-5-7-12(8-6-11)18-10(2)3/h5-8,10,13,15H,4,9,14H2,1-3H3. The number of hydrogen-bond acceptors (Lipinski definition) is 4. The van der Waals surface area contributed by atoms with Crippen LogP contribution in [-0.4, -0.2) is 26.3 Å². The topological polar surface area (TPSA) is 81.4 Å². The molecule has 19 heavy (non-hydrogen) atoms. The lowest BCUT2D eigenvalue weighted by Gasteiger charge is -2.16. The van der Waals surface area contributed by atoms with Gasteiger partial charge in [-0.1, -0.05) is 6.92 Å². The Bertz CT molecular complexity index is 479. The fraction of sp³-hybridized carbons (Fsp3) is 0.538. The monoisotopic (exact) mass is 286 g/mol. The third-order valence-corrected chi connectivity index (χ3v) is 4.57. The van der Waals surface area contributed by atoms with Crippen LogP contribution in [0.5, 0.6) is 5.75 Å². The van der Waals surface area contributed by atoms with E-state index < -0.39 is 15.3 Å². The fourth-order valence-electron chi connectivity index (χ4n) is 1.63. The summed E-state index contributed by atoms with van der Waals surface area (Å²) in [5.74, 6) is 0.712. The Balaban J connectivity index is 2.77. The van der Waals surface area contributed by atoms with Crippen molar-refractivity contribution in [2.45, 2.75) is 38.5 Å². The number of benzene rings is 1. The second-order valence-electron chi connectivity index (χ2n) is 4.60. The molecule has 0 heterocycles. The van der Waals surface area contributed by atoms with Crippen LogP contribution in [0.15, 0.2) is 24.3 Å². The Hall–Kier alpha value is -1.27. The highest BCUT2D eigenvalue weighted by molar-refractivity contribution is 7.93. The molecule has 1 atom stereocenters. The lowest BCUT2D eigenvalue weighted by molar-refractivity contribution is 0.242. The van der Waals surface area contributed by atoms with Crippen LogP contribution in [0.2, 0.25) is 0 Å². The van der Waals surface area contributed by atoms with Gasteiger partial charge in [0.1, 0.15) is 5.75 Å². The molecule has 1 aromatic carbocycles. The van der Waals surface area contributed by atoms with Crippen molar-refractivity contribution in [2.24, 2.45) is 5.73 Å². The molecule has 0 saturated heterocycles. The number of nitrogens with two attached hydrogens (primary N) is 1. The van der Waals surface area contributed by atoms with Gasteiger partial charge in [-0.15, -0.1) is 0 Å². The van der Waals surface area contributed by atoms with Gasteiger partial charge in [-0.2, -0.15) is 0 Å². The van der Waals surface area contributed by atoms with Crippen molar-refractivity contribution >= 4 is 15.7 Å². The molecule has 0 bridgehead atoms. The molecule has 0 fully saturated rings. The molecule has 3 N–H and O–H groups in total. The molecular formula is C13H22N2O3S. The summed E-state index contributed by atoms with van der Waals surface area (Å²) < 4.78 is 32.0. The van der Waals surface area contributed by atoms with Gasteiger partial charge in [0.25, 0.3) is 0 Å². The second kappa shape index (κ2) is 6.77. The second-order valence-corrected chi connectivity index (χ2v) is 6.56. The lowest BCUT2D eigenvalue weighted by Crippen LogP contribution is -2.33. The summed E-state index contributed by atoms with van der Waals surface area (Å²) in [6, 6.07) is 6.83. The molecular weight excluding hydrogens is 264 g/mol. The summed E-state index contributed by atoms with van der Waals surface area (Å²) in [4.78, 5) is 0. The molecule has 0 aliphatic heterocycles. The third-order valence-electron chi connectivity index (χ3n) is 2.64. The predicted octanol–water partition coefficient (Wildman–Crippen LogP) is 1.95. The van der Waals surface area contributed by atoms with E-state index in [1.165, 1.54) is 0 Å². The molecule has 0 amide bonds. The number of sulfonamides is 1. The van der Waals surface area contributed by atoms with E-state index in [2.05, 4.69) is 4.72 Å². The Morgan fingerprint density at radius 3 is 2.26 bits per heavy atom. The minimum Gasteiger partial charge on any atom is -0.491 e. The molecule has 1 unspecified atom stereocenters. The minimum atomic E-state index is -3.43. The van der Waals surface area contributed by atoms with Crippen molar-refractivity contribution in [3.63, 3.8) is 0 Å². The molecule has 1 aromatic rings. The first-order chi connectivity index (χ1) is 8.89. The lowest BCUT2D eigenvalue weighted by atomic mass is 10.3. The quantitative estimate of drug-likeness (QED) is 0.802. The minimum absolute atomic E-state index is 0.0873. The zero-order valence-corrected chi connectivity index (χ0v) is 12.4. The molecule has 5 nitrogen and oxygen atoms in total.